The maximum Gasteiger partial charge on any atom is 0.323 e. The summed E-state index contributed by atoms with van der Waals surface area (Å²) in [6.45, 7) is 1.32. The number of nitrogens with one attached hydrogen (secondary N) is 2. The average molecular weight is 384 g/mol. The van der Waals surface area contributed by atoms with E-state index < -0.39 is 11.0 Å². The number of non-ortho nitro benzene ring substituents is 1. The summed E-state index contributed by atoms with van der Waals surface area (Å²) >= 11 is 0. The molecule has 0 unspecified atom stereocenters. The van der Waals surface area contributed by atoms with Crippen molar-refractivity contribution in [1.29, 1.82) is 0 Å². The lowest BCUT2D eigenvalue weighted by Gasteiger charge is -2.32. The molecule has 1 aliphatic rings. The van der Waals surface area contributed by atoms with E-state index in [9.17, 15) is 19.7 Å². The van der Waals surface area contributed by atoms with Crippen LogP contribution in [0.3, 0.4) is 0 Å². The van der Waals surface area contributed by atoms with Crippen LogP contribution in [0.15, 0.2) is 42.6 Å². The van der Waals surface area contributed by atoms with Crippen molar-refractivity contribution in [3.05, 3.63) is 52.7 Å². The molecule has 1 fully saturated rings. The van der Waals surface area contributed by atoms with Crippen molar-refractivity contribution in [1.82, 2.24) is 4.98 Å². The second-order valence-corrected chi connectivity index (χ2v) is 6.48. The number of nitro groups is 1. The molecule has 0 aliphatic carbocycles. The summed E-state index contributed by atoms with van der Waals surface area (Å²) < 4.78 is 0. The number of nitrogens with two attached hydrogens (primary N) is 1. The highest BCUT2D eigenvalue weighted by atomic mass is 16.6. The number of pyridine rings is 1. The van der Waals surface area contributed by atoms with Gasteiger partial charge in [0.1, 0.15) is 5.82 Å². The fraction of sp³-hybridized carbons (Fsp3) is 0.278. The van der Waals surface area contributed by atoms with Crippen LogP contribution < -0.4 is 21.3 Å². The van der Waals surface area contributed by atoms with Crippen LogP contribution >= 0.6 is 0 Å². The molecule has 1 saturated heterocycles. The molecule has 0 bridgehead atoms. The number of hydrogen-bond donors (Lipinski definition) is 3. The zero-order valence-corrected chi connectivity index (χ0v) is 15.0. The molecule has 1 aliphatic heterocycles. The third-order valence-electron chi connectivity index (χ3n) is 4.47. The maximum absolute atomic E-state index is 12.1. The standard InChI is InChI=1S/C18H20N6O4/c19-17(25)12-3-2-8-23(11-12)16-7-6-14(10-20-16)22-18(26)21-13-4-1-5-15(9-13)24(27)28/h1,4-7,9-10,12H,2-3,8,11H2,(H2,19,25)(H2,21,22,26)/t12-/m1/s1. The molecule has 28 heavy (non-hydrogen) atoms. The van der Waals surface area contributed by atoms with Crippen LogP contribution in [0.4, 0.5) is 27.7 Å². The van der Waals surface area contributed by atoms with E-state index >= 15 is 0 Å². The normalized spacial score (nSPS) is 16.3. The number of aromatic nitrogens is 1. The summed E-state index contributed by atoms with van der Waals surface area (Å²) in [5, 5.41) is 15.9. The molecule has 3 rings (SSSR count). The van der Waals surface area contributed by atoms with Gasteiger partial charge in [0, 0.05) is 30.9 Å². The quantitative estimate of drug-likeness (QED) is 0.533. The largest absolute Gasteiger partial charge is 0.369 e. The fourth-order valence-corrected chi connectivity index (χ4v) is 3.06. The molecule has 2 aromatic rings. The number of nitro benzene ring substituents is 1. The number of carbonyl (C=O) groups is 2. The van der Waals surface area contributed by atoms with Gasteiger partial charge in [-0.25, -0.2) is 9.78 Å². The molecule has 3 amide bonds. The van der Waals surface area contributed by atoms with Gasteiger partial charge in [0.15, 0.2) is 0 Å². The number of carbonyl (C=O) groups excluding carboxylic acids is 2. The van der Waals surface area contributed by atoms with Crippen molar-refractivity contribution in [2.75, 3.05) is 28.6 Å². The van der Waals surface area contributed by atoms with Crippen molar-refractivity contribution < 1.29 is 14.5 Å². The zero-order valence-electron chi connectivity index (χ0n) is 15.0. The van der Waals surface area contributed by atoms with Gasteiger partial charge in [-0.2, -0.15) is 0 Å². The monoisotopic (exact) mass is 384 g/mol. The first kappa shape index (κ1) is 19.1. The predicted molar refractivity (Wildman–Crippen MR) is 104 cm³/mol. The van der Waals surface area contributed by atoms with E-state index in [2.05, 4.69) is 15.6 Å². The number of rotatable bonds is 5. The van der Waals surface area contributed by atoms with Gasteiger partial charge < -0.3 is 21.3 Å². The van der Waals surface area contributed by atoms with Crippen LogP contribution in [-0.4, -0.2) is 34.9 Å². The minimum atomic E-state index is -0.540. The fourth-order valence-electron chi connectivity index (χ4n) is 3.06. The van der Waals surface area contributed by atoms with Gasteiger partial charge in [0.05, 0.1) is 22.7 Å². The minimum Gasteiger partial charge on any atom is -0.369 e. The average Bonchev–Trinajstić information content (AvgIpc) is 2.68. The molecule has 10 heteroatoms. The molecular formula is C18H20N6O4. The third-order valence-corrected chi connectivity index (χ3v) is 4.47. The van der Waals surface area contributed by atoms with Crippen LogP contribution in [0.25, 0.3) is 0 Å². The second-order valence-electron chi connectivity index (χ2n) is 6.48. The number of benzene rings is 1. The molecule has 1 aromatic carbocycles. The van der Waals surface area contributed by atoms with Gasteiger partial charge >= 0.3 is 6.03 Å². The van der Waals surface area contributed by atoms with E-state index in [-0.39, 0.29) is 17.5 Å². The second kappa shape index (κ2) is 8.33. The Balaban J connectivity index is 1.59. The first-order valence-corrected chi connectivity index (χ1v) is 8.75. The van der Waals surface area contributed by atoms with Crippen molar-refractivity contribution in [2.45, 2.75) is 12.8 Å². The summed E-state index contributed by atoms with van der Waals surface area (Å²) in [6, 6.07) is 8.57. The minimum absolute atomic E-state index is 0.111. The lowest BCUT2D eigenvalue weighted by molar-refractivity contribution is -0.384. The van der Waals surface area contributed by atoms with Crippen LogP contribution in [0.5, 0.6) is 0 Å². The molecule has 1 atom stereocenters. The third kappa shape index (κ3) is 4.72. The Kier molecular flexibility index (Phi) is 5.68. The first-order chi connectivity index (χ1) is 13.4. The summed E-state index contributed by atoms with van der Waals surface area (Å²) in [5.74, 6) is 0.213. The molecule has 1 aromatic heterocycles. The molecule has 146 valence electrons. The Hall–Kier alpha value is -3.69. The lowest BCUT2D eigenvalue weighted by Crippen LogP contribution is -2.41. The van der Waals surface area contributed by atoms with Crippen LogP contribution in [0.1, 0.15) is 12.8 Å². The number of anilines is 3. The first-order valence-electron chi connectivity index (χ1n) is 8.75. The van der Waals surface area contributed by atoms with Gasteiger partial charge in [0.25, 0.3) is 5.69 Å². The van der Waals surface area contributed by atoms with Crippen molar-refractivity contribution in [2.24, 2.45) is 11.7 Å². The zero-order chi connectivity index (χ0) is 20.1. The number of piperidine rings is 1. The van der Waals surface area contributed by atoms with E-state index in [1.54, 1.807) is 18.2 Å². The van der Waals surface area contributed by atoms with Crippen LogP contribution in [0.2, 0.25) is 0 Å². The summed E-state index contributed by atoms with van der Waals surface area (Å²) in [7, 11) is 0. The lowest BCUT2D eigenvalue weighted by atomic mass is 9.97. The highest BCUT2D eigenvalue weighted by Gasteiger charge is 2.24. The van der Waals surface area contributed by atoms with Crippen molar-refractivity contribution >= 4 is 34.8 Å². The Labute approximate surface area is 160 Å². The number of nitrogens with zero attached hydrogens (tertiary/aromatic N) is 3. The Morgan fingerprint density at radius 3 is 2.68 bits per heavy atom. The predicted octanol–water partition coefficient (Wildman–Crippen LogP) is 2.34. The van der Waals surface area contributed by atoms with E-state index in [0.29, 0.717) is 23.7 Å². The molecule has 0 radical (unpaired) electrons. The Morgan fingerprint density at radius 1 is 1.21 bits per heavy atom. The molecule has 4 N–H and O–H groups in total. The summed E-state index contributed by atoms with van der Waals surface area (Å²) in [6.07, 6.45) is 3.15. The van der Waals surface area contributed by atoms with Crippen molar-refractivity contribution in [3.63, 3.8) is 0 Å². The summed E-state index contributed by atoms with van der Waals surface area (Å²) in [5.41, 5.74) is 6.06. The van der Waals surface area contributed by atoms with Gasteiger partial charge in [-0.3, -0.25) is 14.9 Å². The van der Waals surface area contributed by atoms with Gasteiger partial charge in [-0.05, 0) is 31.0 Å². The van der Waals surface area contributed by atoms with Gasteiger partial charge in [-0.15, -0.1) is 0 Å². The molecule has 0 saturated carbocycles. The van der Waals surface area contributed by atoms with E-state index in [1.807, 2.05) is 4.90 Å². The topological polar surface area (TPSA) is 143 Å². The van der Waals surface area contributed by atoms with Crippen LogP contribution in [0, 0.1) is 16.0 Å². The van der Waals surface area contributed by atoms with Gasteiger partial charge in [-0.1, -0.05) is 6.07 Å². The molecule has 10 nitrogen and oxygen atoms in total. The highest BCUT2D eigenvalue weighted by molar-refractivity contribution is 5.99. The Bertz CT molecular complexity index is 886. The Morgan fingerprint density at radius 2 is 2.00 bits per heavy atom. The maximum atomic E-state index is 12.1. The highest BCUT2D eigenvalue weighted by Crippen LogP contribution is 2.22. The smallest absolute Gasteiger partial charge is 0.323 e. The van der Waals surface area contributed by atoms with E-state index in [0.717, 1.165) is 19.4 Å². The van der Waals surface area contributed by atoms with Crippen LogP contribution in [-0.2, 0) is 4.79 Å². The number of urea groups is 1. The van der Waals surface area contributed by atoms with Gasteiger partial charge in [0.2, 0.25) is 5.91 Å². The number of primary amides is 1. The van der Waals surface area contributed by atoms with E-state index in [4.69, 9.17) is 5.73 Å². The molecular weight excluding hydrogens is 364 g/mol. The molecule has 2 heterocycles. The summed E-state index contributed by atoms with van der Waals surface area (Å²) in [4.78, 5) is 40.1. The number of hydrogen-bond acceptors (Lipinski definition) is 6. The van der Waals surface area contributed by atoms with Crippen molar-refractivity contribution in [3.8, 4) is 0 Å². The molecule has 0 spiro atoms. The number of amides is 3. The van der Waals surface area contributed by atoms with E-state index in [1.165, 1.54) is 24.4 Å². The SMILES string of the molecule is NC(=O)[C@@H]1CCCN(c2ccc(NC(=O)Nc3cccc([N+](=O)[O-])c3)cn2)C1.